The number of aromatic amines is 1. The molecule has 6 rings (SSSR count). The van der Waals surface area contributed by atoms with Crippen LogP contribution in [0, 0.1) is 0 Å². The molecule has 1 aliphatic carbocycles. The number of carbonyl (C=O) groups excluding carboxylic acids is 2. The SMILES string of the molecule is CC(NC(=O)c1ccc2[nH]ccc2c1)[C@@H](C(=O)NCC1(c2ccccn2)CCCCC1)n1ccc2ccccc21. The second-order valence-electron chi connectivity index (χ2n) is 11.0. The van der Waals surface area contributed by atoms with Crippen molar-refractivity contribution in [3.63, 3.8) is 0 Å². The van der Waals surface area contributed by atoms with Gasteiger partial charge in [-0.25, -0.2) is 0 Å². The molecule has 0 aliphatic heterocycles. The molecule has 2 atom stereocenters. The van der Waals surface area contributed by atoms with Crippen LogP contribution in [0.3, 0.4) is 0 Å². The van der Waals surface area contributed by atoms with Crippen LogP contribution in [0.4, 0.5) is 0 Å². The van der Waals surface area contributed by atoms with Gasteiger partial charge in [0.2, 0.25) is 5.91 Å². The second-order valence-corrected chi connectivity index (χ2v) is 11.0. The normalized spacial score (nSPS) is 16.4. The van der Waals surface area contributed by atoms with Crippen LogP contribution in [-0.2, 0) is 10.2 Å². The number of hydrogen-bond acceptors (Lipinski definition) is 3. The van der Waals surface area contributed by atoms with Crippen molar-refractivity contribution >= 4 is 33.6 Å². The highest BCUT2D eigenvalue weighted by molar-refractivity contribution is 5.98. The monoisotopic (exact) mass is 533 g/mol. The quantitative estimate of drug-likeness (QED) is 0.232. The van der Waals surface area contributed by atoms with E-state index in [1.807, 2.05) is 90.7 Å². The van der Waals surface area contributed by atoms with Crippen molar-refractivity contribution in [2.45, 2.75) is 56.5 Å². The lowest BCUT2D eigenvalue weighted by atomic mass is 9.71. The highest BCUT2D eigenvalue weighted by Crippen LogP contribution is 2.38. The molecule has 1 unspecified atom stereocenters. The van der Waals surface area contributed by atoms with E-state index in [4.69, 9.17) is 4.98 Å². The van der Waals surface area contributed by atoms with Crippen LogP contribution < -0.4 is 10.6 Å². The third-order valence-electron chi connectivity index (χ3n) is 8.47. The summed E-state index contributed by atoms with van der Waals surface area (Å²) in [5, 5.41) is 8.45. The summed E-state index contributed by atoms with van der Waals surface area (Å²) >= 11 is 0. The third kappa shape index (κ3) is 4.99. The van der Waals surface area contributed by atoms with E-state index in [2.05, 4.69) is 21.7 Å². The molecule has 3 N–H and O–H groups in total. The van der Waals surface area contributed by atoms with E-state index < -0.39 is 12.1 Å². The van der Waals surface area contributed by atoms with Crippen LogP contribution >= 0.6 is 0 Å². The smallest absolute Gasteiger partial charge is 0.251 e. The van der Waals surface area contributed by atoms with Crippen LogP contribution in [0.25, 0.3) is 21.8 Å². The number of para-hydroxylation sites is 1. The molecule has 3 heterocycles. The second kappa shape index (κ2) is 11.0. The van der Waals surface area contributed by atoms with Gasteiger partial charge in [0.15, 0.2) is 0 Å². The Bertz CT molecular complexity index is 1630. The number of nitrogens with one attached hydrogen (secondary N) is 3. The highest BCUT2D eigenvalue weighted by Gasteiger charge is 2.37. The summed E-state index contributed by atoms with van der Waals surface area (Å²) in [5.41, 5.74) is 3.35. The molecule has 7 nitrogen and oxygen atoms in total. The number of H-pyrrole nitrogens is 1. The zero-order chi connectivity index (χ0) is 27.5. The molecule has 0 spiro atoms. The van der Waals surface area contributed by atoms with Crippen LogP contribution in [0.5, 0.6) is 0 Å². The predicted molar refractivity (Wildman–Crippen MR) is 158 cm³/mol. The number of amides is 2. The van der Waals surface area contributed by atoms with Gasteiger partial charge in [-0.15, -0.1) is 0 Å². The van der Waals surface area contributed by atoms with Crippen molar-refractivity contribution in [3.8, 4) is 0 Å². The van der Waals surface area contributed by atoms with Gasteiger partial charge < -0.3 is 20.2 Å². The molecule has 1 fully saturated rings. The summed E-state index contributed by atoms with van der Waals surface area (Å²) in [6.45, 7) is 2.42. The van der Waals surface area contributed by atoms with Gasteiger partial charge in [-0.1, -0.05) is 43.5 Å². The summed E-state index contributed by atoms with van der Waals surface area (Å²) in [6.07, 6.45) is 11.1. The first-order chi connectivity index (χ1) is 19.5. The summed E-state index contributed by atoms with van der Waals surface area (Å²) < 4.78 is 1.99. The molecule has 2 amide bonds. The number of aromatic nitrogens is 3. The molecular formula is C33H35N5O2. The van der Waals surface area contributed by atoms with Gasteiger partial charge >= 0.3 is 0 Å². The van der Waals surface area contributed by atoms with Gasteiger partial charge in [-0.3, -0.25) is 14.6 Å². The van der Waals surface area contributed by atoms with E-state index in [0.29, 0.717) is 12.1 Å². The average Bonchev–Trinajstić information content (AvgIpc) is 3.64. The van der Waals surface area contributed by atoms with Gasteiger partial charge in [-0.2, -0.15) is 0 Å². The number of fused-ring (bicyclic) bond motifs is 2. The van der Waals surface area contributed by atoms with E-state index >= 15 is 0 Å². The highest BCUT2D eigenvalue weighted by atomic mass is 16.2. The van der Waals surface area contributed by atoms with Crippen molar-refractivity contribution < 1.29 is 9.59 Å². The topological polar surface area (TPSA) is 91.8 Å². The minimum absolute atomic E-state index is 0.115. The molecule has 5 aromatic rings. The Balaban J connectivity index is 1.28. The molecule has 1 saturated carbocycles. The Morgan fingerprint density at radius 3 is 2.62 bits per heavy atom. The lowest BCUT2D eigenvalue weighted by Crippen LogP contribution is -2.49. The van der Waals surface area contributed by atoms with Gasteiger partial charge in [0, 0.05) is 58.2 Å². The van der Waals surface area contributed by atoms with E-state index in [1.54, 1.807) is 6.07 Å². The number of benzene rings is 2. The molecule has 2 aromatic carbocycles. The molecule has 0 radical (unpaired) electrons. The summed E-state index contributed by atoms with van der Waals surface area (Å²) in [7, 11) is 0. The predicted octanol–water partition coefficient (Wildman–Crippen LogP) is 5.90. The van der Waals surface area contributed by atoms with Crippen LogP contribution in [0.1, 0.15) is 61.1 Å². The first kappa shape index (κ1) is 25.9. The van der Waals surface area contributed by atoms with Crippen molar-refractivity contribution in [3.05, 3.63) is 103 Å². The largest absolute Gasteiger partial charge is 0.361 e. The lowest BCUT2D eigenvalue weighted by molar-refractivity contribution is -0.125. The van der Waals surface area contributed by atoms with Crippen LogP contribution in [0.2, 0.25) is 0 Å². The van der Waals surface area contributed by atoms with Crippen molar-refractivity contribution in [1.82, 2.24) is 25.2 Å². The van der Waals surface area contributed by atoms with Crippen LogP contribution in [-0.4, -0.2) is 38.9 Å². The van der Waals surface area contributed by atoms with Gasteiger partial charge in [0.25, 0.3) is 5.91 Å². The lowest BCUT2D eigenvalue weighted by Gasteiger charge is -2.37. The van der Waals surface area contributed by atoms with Crippen LogP contribution in [0.15, 0.2) is 91.4 Å². The van der Waals surface area contributed by atoms with Gasteiger partial charge in [0.1, 0.15) is 6.04 Å². The van der Waals surface area contributed by atoms with Crippen molar-refractivity contribution in [2.75, 3.05) is 6.54 Å². The molecule has 40 heavy (non-hydrogen) atoms. The number of nitrogens with zero attached hydrogens (tertiary/aromatic N) is 2. The van der Waals surface area contributed by atoms with E-state index in [9.17, 15) is 9.59 Å². The van der Waals surface area contributed by atoms with E-state index in [1.165, 1.54) is 6.42 Å². The minimum atomic E-state index is -0.635. The Morgan fingerprint density at radius 1 is 0.975 bits per heavy atom. The Labute approximate surface area is 234 Å². The number of carbonyl (C=O) groups is 2. The maximum Gasteiger partial charge on any atom is 0.251 e. The Hall–Kier alpha value is -4.39. The average molecular weight is 534 g/mol. The molecule has 0 bridgehead atoms. The van der Waals surface area contributed by atoms with Crippen molar-refractivity contribution in [1.29, 1.82) is 0 Å². The molecule has 3 aromatic heterocycles. The van der Waals surface area contributed by atoms with E-state index in [0.717, 1.165) is 53.2 Å². The summed E-state index contributed by atoms with van der Waals surface area (Å²) in [5.74, 6) is -0.321. The maximum atomic E-state index is 14.1. The first-order valence-corrected chi connectivity index (χ1v) is 14.2. The fraction of sp³-hybridized carbons (Fsp3) is 0.303. The van der Waals surface area contributed by atoms with Gasteiger partial charge in [-0.05, 0) is 73.7 Å². The fourth-order valence-electron chi connectivity index (χ4n) is 6.29. The molecule has 204 valence electrons. The Kier molecular flexibility index (Phi) is 7.11. The minimum Gasteiger partial charge on any atom is -0.361 e. The summed E-state index contributed by atoms with van der Waals surface area (Å²) in [6, 6.07) is 22.5. The van der Waals surface area contributed by atoms with E-state index in [-0.39, 0.29) is 17.2 Å². The Morgan fingerprint density at radius 2 is 1.80 bits per heavy atom. The molecule has 0 saturated heterocycles. The first-order valence-electron chi connectivity index (χ1n) is 14.2. The number of pyridine rings is 1. The zero-order valence-corrected chi connectivity index (χ0v) is 22.8. The molecule has 1 aliphatic rings. The summed E-state index contributed by atoms with van der Waals surface area (Å²) in [4.78, 5) is 35.3. The number of hydrogen-bond donors (Lipinski definition) is 3. The number of rotatable bonds is 8. The van der Waals surface area contributed by atoms with Gasteiger partial charge in [0.05, 0.1) is 6.04 Å². The molecule has 7 heteroatoms. The maximum absolute atomic E-state index is 14.1. The fourth-order valence-corrected chi connectivity index (χ4v) is 6.29. The third-order valence-corrected chi connectivity index (χ3v) is 8.47. The standard InChI is InChI=1S/C33H35N5O2/c1-23(37-31(39)26-12-13-27-25(21-26)14-19-34-27)30(38-20-15-24-9-3-4-10-28(24)38)32(40)36-22-33(16-6-2-7-17-33)29-11-5-8-18-35-29/h3-5,8-15,18-21,23,30,34H,2,6-7,16-17,22H2,1H3,(H,36,40)(H,37,39)/t23?,30-/m0/s1. The molecular weight excluding hydrogens is 498 g/mol. The zero-order valence-electron chi connectivity index (χ0n) is 22.8. The van der Waals surface area contributed by atoms with Crippen molar-refractivity contribution in [2.24, 2.45) is 0 Å².